The summed E-state index contributed by atoms with van der Waals surface area (Å²) < 4.78 is 49.9. The molecule has 2 rings (SSSR count). The summed E-state index contributed by atoms with van der Waals surface area (Å²) in [6.45, 7) is 2.80. The molecule has 1 aliphatic heterocycles. The van der Waals surface area contributed by atoms with Crippen LogP contribution in [0.5, 0.6) is 0 Å². The molecule has 0 radical (unpaired) electrons. The third-order valence-corrected chi connectivity index (χ3v) is 4.16. The summed E-state index contributed by atoms with van der Waals surface area (Å²) in [6.07, 6.45) is 0.769. The van der Waals surface area contributed by atoms with E-state index in [-0.39, 0.29) is 5.92 Å². The Hall–Kier alpha value is -1.54. The van der Waals surface area contributed by atoms with Gasteiger partial charge in [0.25, 0.3) is 5.91 Å². The van der Waals surface area contributed by atoms with Gasteiger partial charge in [0.2, 0.25) is 10.0 Å². The van der Waals surface area contributed by atoms with Crippen molar-refractivity contribution in [3.05, 3.63) is 29.3 Å². The number of carbonyl (C=O) groups excluding carboxylic acids is 1. The fraction of sp³-hybridized carbons (Fsp3) is 0.417. The summed E-state index contributed by atoms with van der Waals surface area (Å²) in [4.78, 5) is 12.5. The average Bonchev–Trinajstić information content (AvgIpc) is 2.76. The van der Waals surface area contributed by atoms with Crippen molar-refractivity contribution in [3.63, 3.8) is 0 Å². The zero-order valence-electron chi connectivity index (χ0n) is 10.8. The SMILES string of the molecule is CC1CCN(C(=O)c2cc(F)cc(S(N)(=O)=O)c2F)C1. The molecule has 0 saturated carbocycles. The van der Waals surface area contributed by atoms with Gasteiger partial charge in [0.15, 0.2) is 5.82 Å². The number of hydrogen-bond donors (Lipinski definition) is 1. The summed E-state index contributed by atoms with van der Waals surface area (Å²) in [7, 11) is -4.43. The van der Waals surface area contributed by atoms with E-state index in [1.807, 2.05) is 6.92 Å². The largest absolute Gasteiger partial charge is 0.338 e. The zero-order valence-corrected chi connectivity index (χ0v) is 11.6. The molecule has 1 unspecified atom stereocenters. The molecule has 2 N–H and O–H groups in total. The molecule has 1 saturated heterocycles. The Kier molecular flexibility index (Phi) is 3.79. The molecule has 0 bridgehead atoms. The number of sulfonamides is 1. The Labute approximate surface area is 115 Å². The van der Waals surface area contributed by atoms with Gasteiger partial charge in [-0.2, -0.15) is 0 Å². The lowest BCUT2D eigenvalue weighted by molar-refractivity contribution is 0.0782. The lowest BCUT2D eigenvalue weighted by atomic mass is 10.1. The van der Waals surface area contributed by atoms with Gasteiger partial charge in [0.05, 0.1) is 5.56 Å². The van der Waals surface area contributed by atoms with Crippen LogP contribution in [0, 0.1) is 17.6 Å². The monoisotopic (exact) mass is 304 g/mol. The Morgan fingerprint density at radius 2 is 2.05 bits per heavy atom. The van der Waals surface area contributed by atoms with Gasteiger partial charge in [-0.25, -0.2) is 22.3 Å². The van der Waals surface area contributed by atoms with Gasteiger partial charge in [-0.15, -0.1) is 0 Å². The summed E-state index contributed by atoms with van der Waals surface area (Å²) >= 11 is 0. The van der Waals surface area contributed by atoms with Gasteiger partial charge in [0.1, 0.15) is 10.7 Å². The Morgan fingerprint density at radius 3 is 2.55 bits per heavy atom. The van der Waals surface area contributed by atoms with Crippen molar-refractivity contribution in [2.24, 2.45) is 11.1 Å². The molecule has 110 valence electrons. The van der Waals surface area contributed by atoms with E-state index in [1.165, 1.54) is 4.90 Å². The van der Waals surface area contributed by atoms with Crippen LogP contribution in [-0.2, 0) is 10.0 Å². The van der Waals surface area contributed by atoms with Crippen molar-refractivity contribution >= 4 is 15.9 Å². The first-order valence-corrected chi connectivity index (χ1v) is 7.56. The maximum absolute atomic E-state index is 14.1. The van der Waals surface area contributed by atoms with Gasteiger partial charge >= 0.3 is 0 Å². The van der Waals surface area contributed by atoms with E-state index in [2.05, 4.69) is 0 Å². The van der Waals surface area contributed by atoms with E-state index in [1.54, 1.807) is 0 Å². The number of nitrogens with zero attached hydrogens (tertiary/aromatic N) is 1. The van der Waals surface area contributed by atoms with E-state index >= 15 is 0 Å². The number of halogens is 2. The fourth-order valence-corrected chi connectivity index (χ4v) is 2.85. The number of carbonyl (C=O) groups is 1. The smallest absolute Gasteiger partial charge is 0.256 e. The Bertz CT molecular complexity index is 661. The first kappa shape index (κ1) is 14.9. The molecule has 1 fully saturated rings. The van der Waals surface area contributed by atoms with Crippen LogP contribution in [0.3, 0.4) is 0 Å². The second-order valence-corrected chi connectivity index (χ2v) is 6.49. The van der Waals surface area contributed by atoms with Crippen LogP contribution < -0.4 is 5.14 Å². The van der Waals surface area contributed by atoms with Gasteiger partial charge in [-0.1, -0.05) is 6.92 Å². The lowest BCUT2D eigenvalue weighted by Crippen LogP contribution is -2.30. The maximum Gasteiger partial charge on any atom is 0.256 e. The molecule has 1 aliphatic rings. The Morgan fingerprint density at radius 1 is 1.40 bits per heavy atom. The number of rotatable bonds is 2. The minimum Gasteiger partial charge on any atom is -0.338 e. The van der Waals surface area contributed by atoms with Gasteiger partial charge in [-0.05, 0) is 24.5 Å². The first-order chi connectivity index (χ1) is 9.20. The van der Waals surface area contributed by atoms with Crippen LogP contribution in [-0.4, -0.2) is 32.3 Å². The van der Waals surface area contributed by atoms with Crippen molar-refractivity contribution < 1.29 is 22.0 Å². The topological polar surface area (TPSA) is 80.5 Å². The molecule has 1 heterocycles. The number of amides is 1. The summed E-state index contributed by atoms with van der Waals surface area (Å²) in [5, 5.41) is 4.81. The standard InChI is InChI=1S/C12H14F2N2O3S/c1-7-2-3-16(6-7)12(17)9-4-8(13)5-10(11(9)14)20(15,18)19/h4-5,7H,2-3,6H2,1H3,(H2,15,18,19). The number of primary sulfonamides is 1. The molecule has 0 aliphatic carbocycles. The van der Waals surface area contributed by atoms with E-state index < -0.39 is 38.0 Å². The van der Waals surface area contributed by atoms with Crippen LogP contribution in [0.15, 0.2) is 17.0 Å². The molecular weight excluding hydrogens is 290 g/mol. The minimum absolute atomic E-state index is 0.272. The van der Waals surface area contributed by atoms with Crippen LogP contribution in [0.2, 0.25) is 0 Å². The van der Waals surface area contributed by atoms with Crippen molar-refractivity contribution in [1.82, 2.24) is 4.90 Å². The maximum atomic E-state index is 14.1. The molecule has 1 atom stereocenters. The molecule has 20 heavy (non-hydrogen) atoms. The quantitative estimate of drug-likeness (QED) is 0.888. The second kappa shape index (κ2) is 5.10. The van der Waals surface area contributed by atoms with E-state index in [0.29, 0.717) is 25.2 Å². The normalized spacial score (nSPS) is 19.4. The fourth-order valence-electron chi connectivity index (χ4n) is 2.22. The highest BCUT2D eigenvalue weighted by atomic mass is 32.2. The van der Waals surface area contributed by atoms with Crippen LogP contribution in [0.4, 0.5) is 8.78 Å². The van der Waals surface area contributed by atoms with Crippen molar-refractivity contribution in [1.29, 1.82) is 0 Å². The van der Waals surface area contributed by atoms with Crippen molar-refractivity contribution in [2.75, 3.05) is 13.1 Å². The summed E-state index contributed by atoms with van der Waals surface area (Å²) in [5.41, 5.74) is -0.608. The third-order valence-electron chi connectivity index (χ3n) is 3.25. The van der Waals surface area contributed by atoms with Crippen LogP contribution in [0.25, 0.3) is 0 Å². The lowest BCUT2D eigenvalue weighted by Gasteiger charge is -2.17. The number of likely N-dealkylation sites (tertiary alicyclic amines) is 1. The molecule has 0 spiro atoms. The highest BCUT2D eigenvalue weighted by Crippen LogP contribution is 2.23. The van der Waals surface area contributed by atoms with Gasteiger partial charge in [0, 0.05) is 13.1 Å². The number of nitrogens with two attached hydrogens (primary N) is 1. The van der Waals surface area contributed by atoms with Crippen molar-refractivity contribution in [3.8, 4) is 0 Å². The average molecular weight is 304 g/mol. The molecule has 1 amide bonds. The summed E-state index contributed by atoms with van der Waals surface area (Å²) in [5.74, 6) is -2.78. The summed E-state index contributed by atoms with van der Waals surface area (Å²) in [6, 6.07) is 1.16. The first-order valence-electron chi connectivity index (χ1n) is 6.01. The number of hydrogen-bond acceptors (Lipinski definition) is 3. The van der Waals surface area contributed by atoms with E-state index in [4.69, 9.17) is 5.14 Å². The molecule has 8 heteroatoms. The molecule has 5 nitrogen and oxygen atoms in total. The Balaban J connectivity index is 2.47. The van der Waals surface area contributed by atoms with E-state index in [9.17, 15) is 22.0 Å². The van der Waals surface area contributed by atoms with Crippen LogP contribution in [0.1, 0.15) is 23.7 Å². The minimum atomic E-state index is -4.43. The van der Waals surface area contributed by atoms with Gasteiger partial charge < -0.3 is 4.90 Å². The number of benzene rings is 1. The zero-order chi connectivity index (χ0) is 15.1. The predicted octanol–water partition coefficient (Wildman–Crippen LogP) is 1.09. The second-order valence-electron chi connectivity index (χ2n) is 4.96. The molecule has 1 aromatic rings. The molecule has 1 aromatic carbocycles. The molecule has 0 aromatic heterocycles. The highest BCUT2D eigenvalue weighted by molar-refractivity contribution is 7.89. The van der Waals surface area contributed by atoms with Gasteiger partial charge in [-0.3, -0.25) is 4.79 Å². The highest BCUT2D eigenvalue weighted by Gasteiger charge is 2.29. The van der Waals surface area contributed by atoms with E-state index in [0.717, 1.165) is 6.42 Å². The predicted molar refractivity (Wildman–Crippen MR) is 67.4 cm³/mol. The molecular formula is C12H14F2N2O3S. The third kappa shape index (κ3) is 2.80. The van der Waals surface area contributed by atoms with Crippen molar-refractivity contribution in [2.45, 2.75) is 18.2 Å². The van der Waals surface area contributed by atoms with Crippen LogP contribution >= 0.6 is 0 Å².